The normalized spacial score (nSPS) is 30.1. The van der Waals surface area contributed by atoms with E-state index in [0.717, 1.165) is 26.0 Å². The van der Waals surface area contributed by atoms with Gasteiger partial charge in [-0.1, -0.05) is 26.7 Å². The first-order chi connectivity index (χ1) is 23.6. The number of carbonyl (C=O) groups is 1. The molecule has 9 heteroatoms. The smallest absolute Gasteiger partial charge is 0.395 e. The number of aliphatic hydroxyl groups excluding tert-OH is 1. The van der Waals surface area contributed by atoms with Crippen LogP contribution in [-0.4, -0.2) is 39.5 Å². The minimum Gasteiger partial charge on any atom is -0.395 e. The quantitative estimate of drug-likeness (QED) is 0.405. The number of nitrogens with zero attached hydrogens (tertiary/aromatic N) is 1. The number of rotatable bonds is 9. The van der Waals surface area contributed by atoms with Gasteiger partial charge in [0.25, 0.3) is 0 Å². The van der Waals surface area contributed by atoms with Crippen LogP contribution in [0.25, 0.3) is 10.9 Å². The monoisotopic (exact) mass is 533 g/mol. The molecule has 2 aliphatic rings. The fraction of sp³-hybridized carbons (Fsp3) is 0.464. The van der Waals surface area contributed by atoms with Gasteiger partial charge in [0.1, 0.15) is 11.6 Å². The number of carbonyl (C=O) groups excluding carboxylic acids is 1. The zero-order valence-corrected chi connectivity index (χ0v) is 19.2. The van der Waals surface area contributed by atoms with Gasteiger partial charge in [-0.05, 0) is 60.5 Å². The molecule has 6 nitrogen and oxygen atoms in total. The van der Waals surface area contributed by atoms with Crippen LogP contribution in [0.4, 0.5) is 13.2 Å². The third-order valence-electron chi connectivity index (χ3n) is 6.06. The van der Waals surface area contributed by atoms with Crippen LogP contribution in [0.15, 0.2) is 36.3 Å². The molecule has 1 aliphatic carbocycles. The number of hydrogen-bond donors (Lipinski definition) is 2. The summed E-state index contributed by atoms with van der Waals surface area (Å²) >= 11 is 0. The predicted octanol–water partition coefficient (Wildman–Crippen LogP) is 4.99. The van der Waals surface area contributed by atoms with Crippen molar-refractivity contribution in [3.8, 4) is 11.5 Å². The Morgan fingerprint density at radius 1 is 1.32 bits per heavy atom. The second-order valence-corrected chi connectivity index (χ2v) is 8.58. The van der Waals surface area contributed by atoms with E-state index in [1.807, 2.05) is 0 Å². The minimum atomic E-state index is -4.44. The Balaban J connectivity index is 1.76. The molecule has 1 unspecified atom stereocenters. The average Bonchev–Trinajstić information content (AvgIpc) is 3.32. The van der Waals surface area contributed by atoms with Crippen LogP contribution in [0.3, 0.4) is 0 Å². The summed E-state index contributed by atoms with van der Waals surface area (Å²) in [6, 6.07) is -1.58. The van der Waals surface area contributed by atoms with E-state index in [-0.39, 0.29) is 5.39 Å². The summed E-state index contributed by atoms with van der Waals surface area (Å²) in [7, 11) is 0. The maximum Gasteiger partial charge on any atom is 0.586 e. The molecule has 1 aliphatic heterocycles. The average molecular weight is 534 g/mol. The molecular formula is C28H30F3NO5. The number of ketones is 1. The van der Waals surface area contributed by atoms with Crippen molar-refractivity contribution in [3.05, 3.63) is 59.0 Å². The number of hydrogen-bond acceptors (Lipinski definition) is 5. The van der Waals surface area contributed by atoms with Gasteiger partial charge < -0.3 is 24.3 Å². The Kier molecular flexibility index (Phi) is 3.00. The van der Waals surface area contributed by atoms with Gasteiger partial charge in [-0.15, -0.1) is 8.78 Å². The zero-order chi connectivity index (χ0) is 40.8. The number of ether oxygens (including phenoxy) is 2. The molecule has 1 aromatic heterocycles. The minimum absolute atomic E-state index is 0.292. The molecule has 1 fully saturated rings. The van der Waals surface area contributed by atoms with Gasteiger partial charge in [-0.25, -0.2) is 4.39 Å². The van der Waals surface area contributed by atoms with Gasteiger partial charge in [0.05, 0.1) is 39.7 Å². The first kappa shape index (κ1) is 12.7. The fourth-order valence-corrected chi connectivity index (χ4v) is 3.94. The topological polar surface area (TPSA) is 80.9 Å². The Bertz CT molecular complexity index is 2030. The lowest BCUT2D eigenvalue weighted by Gasteiger charge is -2.26. The van der Waals surface area contributed by atoms with Crippen LogP contribution in [-0.2, 0) is 28.5 Å². The number of aromatic nitrogens is 1. The maximum atomic E-state index is 16.1. The molecule has 0 amide bonds. The number of benzene rings is 2. The van der Waals surface area contributed by atoms with E-state index in [0.29, 0.717) is 10.6 Å². The molecule has 2 atom stereocenters. The highest BCUT2D eigenvalue weighted by molar-refractivity contribution is 5.95. The second-order valence-electron chi connectivity index (χ2n) is 8.58. The molecule has 0 saturated heterocycles. The Hall–Kier alpha value is -3.04. The Morgan fingerprint density at radius 2 is 2.05 bits per heavy atom. The van der Waals surface area contributed by atoms with Crippen LogP contribution in [0, 0.1) is 5.82 Å². The molecule has 3 aromatic rings. The molecule has 2 N–H and O–H groups in total. The summed E-state index contributed by atoms with van der Waals surface area (Å²) in [5.74, 6) is -5.29. The molecule has 2 aromatic carbocycles. The van der Waals surface area contributed by atoms with Crippen molar-refractivity contribution >= 4 is 16.7 Å². The van der Waals surface area contributed by atoms with Crippen molar-refractivity contribution in [2.45, 2.75) is 76.0 Å². The maximum absolute atomic E-state index is 16.1. The van der Waals surface area contributed by atoms with E-state index in [4.69, 9.17) is 21.9 Å². The van der Waals surface area contributed by atoms with E-state index < -0.39 is 132 Å². The molecule has 0 spiro atoms. The van der Waals surface area contributed by atoms with Crippen LogP contribution in [0.1, 0.15) is 78.6 Å². The lowest BCUT2D eigenvalue weighted by atomic mass is 9.86. The number of aliphatic hydroxyl groups is 2. The summed E-state index contributed by atoms with van der Waals surface area (Å²) in [6.07, 6.45) is -18.1. The fourth-order valence-electron chi connectivity index (χ4n) is 3.94. The van der Waals surface area contributed by atoms with Gasteiger partial charge in [0.2, 0.25) is 0 Å². The van der Waals surface area contributed by atoms with Crippen molar-refractivity contribution in [1.82, 2.24) is 4.57 Å². The van der Waals surface area contributed by atoms with Crippen LogP contribution in [0.2, 0.25) is 0 Å². The summed E-state index contributed by atoms with van der Waals surface area (Å²) in [6.45, 7) is -8.86. The van der Waals surface area contributed by atoms with Crippen LogP contribution < -0.4 is 9.47 Å². The Labute approximate surface area is 235 Å². The standard InChI is InChI=1S/C28H30F3NO5/c1-4-26(2,3)24-10-17-9-16(20(29)13-21(17)32(24)14-19(34)15-33)11-25(35)27(7-8-27)18-5-6-22-23(12-18)37-28(30,31)36-22/h5-6,9-10,12-13,19,33-34H,4,7-8,11,14-15H2,1-3H3/t19-/m1/s1/i2D3,4D2,5D,6D,7D2,8D2,12D,14D2,15D2/t19-,26?. The summed E-state index contributed by atoms with van der Waals surface area (Å²) in [4.78, 5) is 14.1. The highest BCUT2D eigenvalue weighted by Crippen LogP contribution is 2.52. The SMILES string of the molecule is [2H]c1c([2H])c(C2(C(=O)Cc3cc4cc(C(C)(C([2H])([2H])[2H])C([2H])([2H])C)n(C([2H])([2H])[C@@H](O)C([2H])([2H])O)c4cc3F)C([2H])([2H])C2([2H])[2H])c([2H])c2c1OC(F)(F)O2. The largest absolute Gasteiger partial charge is 0.586 e. The van der Waals surface area contributed by atoms with E-state index in [2.05, 4.69) is 9.47 Å². The van der Waals surface area contributed by atoms with Crippen molar-refractivity contribution in [1.29, 1.82) is 0 Å². The van der Waals surface area contributed by atoms with E-state index >= 15 is 4.39 Å². The molecule has 198 valence electrons. The van der Waals surface area contributed by atoms with Gasteiger partial charge in [-0.2, -0.15) is 0 Å². The first-order valence-electron chi connectivity index (χ1n) is 18.8. The number of fused-ring (bicyclic) bond motifs is 2. The summed E-state index contributed by atoms with van der Waals surface area (Å²) in [5.41, 5.74) is -9.24. The molecule has 1 saturated carbocycles. The van der Waals surface area contributed by atoms with Crippen molar-refractivity contribution in [2.75, 3.05) is 6.56 Å². The van der Waals surface area contributed by atoms with Gasteiger partial charge in [0, 0.05) is 35.3 Å². The molecular weight excluding hydrogens is 487 g/mol. The van der Waals surface area contributed by atoms with Crippen LogP contribution in [0.5, 0.6) is 11.5 Å². The van der Waals surface area contributed by atoms with Crippen LogP contribution >= 0.6 is 0 Å². The molecule has 0 radical (unpaired) electrons. The van der Waals surface area contributed by atoms with Gasteiger partial charge in [-0.3, -0.25) is 4.79 Å². The first-order valence-corrected chi connectivity index (χ1v) is 10.8. The van der Waals surface area contributed by atoms with Crippen molar-refractivity contribution in [3.63, 3.8) is 0 Å². The predicted molar refractivity (Wildman–Crippen MR) is 131 cm³/mol. The third-order valence-corrected chi connectivity index (χ3v) is 6.06. The highest BCUT2D eigenvalue weighted by atomic mass is 19.3. The number of alkyl halides is 2. The third kappa shape index (κ3) is 4.48. The number of halogens is 3. The number of Topliss-reactive ketones (excluding diaryl/α,β-unsaturated/α-hetero) is 1. The van der Waals surface area contributed by atoms with E-state index in [1.54, 1.807) is 0 Å². The molecule has 0 bridgehead atoms. The van der Waals surface area contributed by atoms with E-state index in [1.165, 1.54) is 0 Å². The van der Waals surface area contributed by atoms with Gasteiger partial charge in [0.15, 0.2) is 11.5 Å². The zero-order valence-electron chi connectivity index (χ0n) is 35.2. The van der Waals surface area contributed by atoms with Crippen molar-refractivity contribution < 1.29 is 59.6 Å². The summed E-state index contributed by atoms with van der Waals surface area (Å²) in [5, 5.41) is 20.1. The second kappa shape index (κ2) is 8.77. The molecule has 37 heavy (non-hydrogen) atoms. The van der Waals surface area contributed by atoms with Gasteiger partial charge >= 0.3 is 6.29 Å². The summed E-state index contributed by atoms with van der Waals surface area (Å²) < 4.78 is 185. The lowest BCUT2D eigenvalue weighted by molar-refractivity contribution is -0.286. The van der Waals surface area contributed by atoms with Crippen molar-refractivity contribution in [2.24, 2.45) is 0 Å². The van der Waals surface area contributed by atoms with E-state index in [9.17, 15) is 23.8 Å². The Morgan fingerprint density at radius 3 is 2.70 bits per heavy atom. The highest BCUT2D eigenvalue weighted by Gasteiger charge is 2.52. The molecule has 2 heterocycles. The molecule has 5 rings (SSSR count). The lowest BCUT2D eigenvalue weighted by Crippen LogP contribution is -2.26.